The number of amides is 1. The number of hydrogen-bond acceptors (Lipinski definition) is 5. The van der Waals surface area contributed by atoms with Crippen LogP contribution in [0.5, 0.6) is 0 Å². The van der Waals surface area contributed by atoms with Gasteiger partial charge >= 0.3 is 0 Å². The number of nitriles is 1. The Morgan fingerprint density at radius 2 is 2.14 bits per heavy atom. The van der Waals surface area contributed by atoms with E-state index in [-0.39, 0.29) is 17.2 Å². The van der Waals surface area contributed by atoms with Crippen LogP contribution in [-0.4, -0.2) is 20.9 Å². The molecule has 0 bridgehead atoms. The van der Waals surface area contributed by atoms with Crippen LogP contribution in [0.2, 0.25) is 0 Å². The minimum atomic E-state index is -0.949. The first-order chi connectivity index (χ1) is 13.4. The summed E-state index contributed by atoms with van der Waals surface area (Å²) in [6, 6.07) is 8.56. The van der Waals surface area contributed by atoms with Crippen molar-refractivity contribution >= 4 is 16.8 Å². The number of fused-ring (bicyclic) bond motifs is 1. The lowest BCUT2D eigenvalue weighted by atomic mass is 9.94. The highest BCUT2D eigenvalue weighted by Gasteiger charge is 2.53. The number of carbonyl (C=O) groups excluding carboxylic acids is 1. The minimum Gasteiger partial charge on any atom is -0.346 e. The highest BCUT2D eigenvalue weighted by molar-refractivity contribution is 5.92. The van der Waals surface area contributed by atoms with Gasteiger partial charge in [0, 0.05) is 22.7 Å². The number of aromatic nitrogens is 3. The van der Waals surface area contributed by atoms with Gasteiger partial charge in [-0.05, 0) is 50.1 Å². The number of H-pyrrole nitrogens is 1. The maximum atomic E-state index is 13.6. The fourth-order valence-corrected chi connectivity index (χ4v) is 3.32. The zero-order chi connectivity index (χ0) is 19.9. The van der Waals surface area contributed by atoms with E-state index in [9.17, 15) is 14.0 Å². The van der Waals surface area contributed by atoms with E-state index in [1.165, 1.54) is 30.5 Å². The van der Waals surface area contributed by atoms with Crippen LogP contribution >= 0.6 is 0 Å². The fourth-order valence-electron chi connectivity index (χ4n) is 3.32. The Hall–Kier alpha value is -3.60. The van der Waals surface area contributed by atoms with E-state index in [4.69, 9.17) is 5.26 Å². The average molecular weight is 377 g/mol. The van der Waals surface area contributed by atoms with Crippen molar-refractivity contribution in [3.8, 4) is 6.07 Å². The molecule has 2 heterocycles. The Bertz CT molecular complexity index is 1190. The molecule has 3 aromatic rings. The molecule has 2 N–H and O–H groups in total. The van der Waals surface area contributed by atoms with Crippen LogP contribution in [0, 0.1) is 17.1 Å². The molecule has 1 amide bonds. The lowest BCUT2D eigenvalue weighted by Crippen LogP contribution is -2.39. The van der Waals surface area contributed by atoms with Crippen molar-refractivity contribution in [2.75, 3.05) is 0 Å². The first-order valence-corrected chi connectivity index (χ1v) is 8.80. The molecule has 1 fully saturated rings. The molecule has 1 aliphatic rings. The zero-order valence-corrected chi connectivity index (χ0v) is 15.0. The van der Waals surface area contributed by atoms with Crippen LogP contribution in [0.3, 0.4) is 0 Å². The molecule has 4 rings (SSSR count). The molecule has 140 valence electrons. The number of nitrogens with one attached hydrogen (secondary N) is 2. The average Bonchev–Trinajstić information content (AvgIpc) is 3.49. The van der Waals surface area contributed by atoms with Gasteiger partial charge in [-0.3, -0.25) is 9.59 Å². The van der Waals surface area contributed by atoms with Crippen LogP contribution < -0.4 is 10.9 Å². The number of aromatic amines is 1. The SMILES string of the molecule is C[C@@H](NC(=O)C1(c2cc3cc(F)ccc3[nH]c2=O)CC1)c1nccc(C#N)n1. The summed E-state index contributed by atoms with van der Waals surface area (Å²) < 4.78 is 13.6. The molecule has 8 heteroatoms. The molecule has 1 saturated carbocycles. The highest BCUT2D eigenvalue weighted by Crippen LogP contribution is 2.47. The van der Waals surface area contributed by atoms with Crippen molar-refractivity contribution in [3.05, 3.63) is 69.8 Å². The number of hydrogen-bond donors (Lipinski definition) is 2. The maximum absolute atomic E-state index is 13.6. The number of rotatable bonds is 4. The van der Waals surface area contributed by atoms with Crippen LogP contribution in [0.25, 0.3) is 10.9 Å². The van der Waals surface area contributed by atoms with E-state index >= 15 is 0 Å². The smallest absolute Gasteiger partial charge is 0.252 e. The molecule has 1 aliphatic carbocycles. The molecule has 0 unspecified atom stereocenters. The molecule has 0 saturated heterocycles. The van der Waals surface area contributed by atoms with Crippen LogP contribution in [0.15, 0.2) is 41.3 Å². The predicted octanol–water partition coefficient (Wildman–Crippen LogP) is 2.24. The fraction of sp³-hybridized carbons (Fsp3) is 0.250. The van der Waals surface area contributed by atoms with Gasteiger partial charge in [-0.1, -0.05) is 0 Å². The Labute approximate surface area is 159 Å². The molecule has 0 spiro atoms. The second-order valence-electron chi connectivity index (χ2n) is 6.93. The third-order valence-electron chi connectivity index (χ3n) is 5.03. The summed E-state index contributed by atoms with van der Waals surface area (Å²) in [6.45, 7) is 1.71. The molecular weight excluding hydrogens is 361 g/mol. The molecule has 0 radical (unpaired) electrons. The standard InChI is InChI=1S/C20H16FN5O2/c1-11(17-23-7-4-14(10-22)25-17)24-19(28)20(5-6-20)15-9-12-8-13(21)2-3-16(12)26-18(15)27/h2-4,7-9,11H,5-6H2,1H3,(H,24,28)(H,26,27)/t11-/m1/s1. The van der Waals surface area contributed by atoms with Crippen molar-refractivity contribution in [1.29, 1.82) is 5.26 Å². The summed E-state index contributed by atoms with van der Waals surface area (Å²) in [5.41, 5.74) is -0.263. The number of pyridine rings is 1. The summed E-state index contributed by atoms with van der Waals surface area (Å²) in [5, 5.41) is 12.3. The second kappa shape index (κ2) is 6.53. The minimum absolute atomic E-state index is 0.209. The maximum Gasteiger partial charge on any atom is 0.252 e. The molecule has 1 atom stereocenters. The molecule has 28 heavy (non-hydrogen) atoms. The van der Waals surface area contributed by atoms with Crippen molar-refractivity contribution < 1.29 is 9.18 Å². The van der Waals surface area contributed by atoms with Gasteiger partial charge < -0.3 is 10.3 Å². The number of benzene rings is 1. The lowest BCUT2D eigenvalue weighted by Gasteiger charge is -2.19. The third-order valence-corrected chi connectivity index (χ3v) is 5.03. The van der Waals surface area contributed by atoms with Crippen LogP contribution in [0.1, 0.15) is 42.9 Å². The Morgan fingerprint density at radius 1 is 1.36 bits per heavy atom. The topological polar surface area (TPSA) is 112 Å². The van der Waals surface area contributed by atoms with Gasteiger partial charge in [0.15, 0.2) is 5.82 Å². The molecule has 7 nitrogen and oxygen atoms in total. The monoisotopic (exact) mass is 377 g/mol. The quantitative estimate of drug-likeness (QED) is 0.724. The summed E-state index contributed by atoms with van der Waals surface area (Å²) in [7, 11) is 0. The van der Waals surface area contributed by atoms with E-state index < -0.39 is 17.3 Å². The zero-order valence-electron chi connectivity index (χ0n) is 15.0. The Kier molecular flexibility index (Phi) is 4.15. The van der Waals surface area contributed by atoms with Crippen LogP contribution in [-0.2, 0) is 10.2 Å². The first kappa shape index (κ1) is 17.8. The van der Waals surface area contributed by atoms with E-state index in [1.54, 1.807) is 13.0 Å². The van der Waals surface area contributed by atoms with E-state index in [0.717, 1.165) is 0 Å². The van der Waals surface area contributed by atoms with Gasteiger partial charge in [-0.15, -0.1) is 0 Å². The number of halogens is 1. The third kappa shape index (κ3) is 3.01. The van der Waals surface area contributed by atoms with Crippen molar-refractivity contribution in [2.24, 2.45) is 0 Å². The second-order valence-corrected chi connectivity index (χ2v) is 6.93. The summed E-state index contributed by atoms with van der Waals surface area (Å²) in [4.78, 5) is 36.4. The number of carbonyl (C=O) groups is 1. The Balaban J connectivity index is 1.64. The van der Waals surface area contributed by atoms with E-state index in [2.05, 4.69) is 20.3 Å². The summed E-state index contributed by atoms with van der Waals surface area (Å²) in [5.74, 6) is -0.409. The van der Waals surface area contributed by atoms with E-state index in [0.29, 0.717) is 35.1 Å². The molecule has 0 aliphatic heterocycles. The molecule has 1 aromatic carbocycles. The predicted molar refractivity (Wildman–Crippen MR) is 98.7 cm³/mol. The van der Waals surface area contributed by atoms with Gasteiger partial charge in [-0.2, -0.15) is 5.26 Å². The summed E-state index contributed by atoms with van der Waals surface area (Å²) >= 11 is 0. The van der Waals surface area contributed by atoms with E-state index in [1.807, 2.05) is 6.07 Å². The van der Waals surface area contributed by atoms with Gasteiger partial charge in [0.25, 0.3) is 5.56 Å². The number of nitrogens with zero attached hydrogens (tertiary/aromatic N) is 3. The first-order valence-electron chi connectivity index (χ1n) is 8.80. The van der Waals surface area contributed by atoms with Gasteiger partial charge in [-0.25, -0.2) is 14.4 Å². The van der Waals surface area contributed by atoms with Crippen molar-refractivity contribution in [2.45, 2.75) is 31.2 Å². The van der Waals surface area contributed by atoms with Crippen LogP contribution in [0.4, 0.5) is 4.39 Å². The van der Waals surface area contributed by atoms with Crippen molar-refractivity contribution in [1.82, 2.24) is 20.3 Å². The molecular formula is C20H16FN5O2. The highest BCUT2D eigenvalue weighted by atomic mass is 19.1. The lowest BCUT2D eigenvalue weighted by molar-refractivity contribution is -0.124. The summed E-state index contributed by atoms with van der Waals surface area (Å²) in [6.07, 6.45) is 2.50. The normalized spacial score (nSPS) is 15.6. The Morgan fingerprint density at radius 3 is 2.86 bits per heavy atom. The van der Waals surface area contributed by atoms with Gasteiger partial charge in [0.1, 0.15) is 17.6 Å². The largest absolute Gasteiger partial charge is 0.346 e. The van der Waals surface area contributed by atoms with Gasteiger partial charge in [0.05, 0.1) is 11.5 Å². The van der Waals surface area contributed by atoms with Crippen molar-refractivity contribution in [3.63, 3.8) is 0 Å². The van der Waals surface area contributed by atoms with Gasteiger partial charge in [0.2, 0.25) is 5.91 Å². The molecule has 2 aromatic heterocycles.